The van der Waals surface area contributed by atoms with E-state index in [1.54, 1.807) is 11.1 Å². The summed E-state index contributed by atoms with van der Waals surface area (Å²) in [4.78, 5) is 0. The molecular formula is C14H30OSi2. The maximum atomic E-state index is 5.86. The van der Waals surface area contributed by atoms with E-state index in [4.69, 9.17) is 4.74 Å². The van der Waals surface area contributed by atoms with E-state index in [1.807, 2.05) is 0 Å². The lowest BCUT2D eigenvalue weighted by Gasteiger charge is -2.31. The molecule has 1 nitrogen and oxygen atoms in total. The van der Waals surface area contributed by atoms with Gasteiger partial charge in [-0.3, -0.25) is 0 Å². The monoisotopic (exact) mass is 270 g/mol. The molecule has 1 atom stereocenters. The minimum atomic E-state index is -1.01. The fourth-order valence-corrected chi connectivity index (χ4v) is 5.86. The fraction of sp³-hybridized carbons (Fsp3) is 0.857. The fourth-order valence-electron chi connectivity index (χ4n) is 2.55. The predicted molar refractivity (Wildman–Crippen MR) is 83.4 cm³/mol. The second-order valence-corrected chi connectivity index (χ2v) is 19.0. The Morgan fingerprint density at radius 2 is 1.41 bits per heavy atom. The summed E-state index contributed by atoms with van der Waals surface area (Å²) in [7, 11) is -2.00. The molecule has 100 valence electrons. The Bertz CT molecular complexity index is 294. The van der Waals surface area contributed by atoms with Crippen molar-refractivity contribution >= 4 is 16.1 Å². The van der Waals surface area contributed by atoms with Gasteiger partial charge in [-0.2, -0.15) is 0 Å². The zero-order chi connectivity index (χ0) is 13.3. The van der Waals surface area contributed by atoms with Gasteiger partial charge in [0.15, 0.2) is 0 Å². The molecule has 0 aromatic rings. The highest BCUT2D eigenvalue weighted by Crippen LogP contribution is 2.32. The summed E-state index contributed by atoms with van der Waals surface area (Å²) >= 11 is 0. The van der Waals surface area contributed by atoms with Gasteiger partial charge in [0, 0.05) is 16.1 Å². The molecule has 0 bridgehead atoms. The van der Waals surface area contributed by atoms with E-state index in [0.29, 0.717) is 6.10 Å². The number of ether oxygens (including phenoxy) is 1. The molecule has 0 spiro atoms. The summed E-state index contributed by atoms with van der Waals surface area (Å²) in [5.74, 6) is 0. The van der Waals surface area contributed by atoms with Crippen LogP contribution in [0.2, 0.25) is 51.4 Å². The Balaban J connectivity index is 2.86. The third-order valence-corrected chi connectivity index (χ3v) is 6.04. The number of hydrogen-bond donors (Lipinski definition) is 0. The molecule has 0 radical (unpaired) electrons. The van der Waals surface area contributed by atoms with Gasteiger partial charge in [0.25, 0.3) is 0 Å². The molecule has 0 fully saturated rings. The summed E-state index contributed by atoms with van der Waals surface area (Å²) in [5, 5.41) is 0. The van der Waals surface area contributed by atoms with E-state index in [1.165, 1.54) is 18.5 Å². The van der Waals surface area contributed by atoms with Crippen LogP contribution in [0.5, 0.6) is 0 Å². The Morgan fingerprint density at radius 3 is 1.88 bits per heavy atom. The molecule has 3 heteroatoms. The van der Waals surface area contributed by atoms with E-state index < -0.39 is 16.1 Å². The first kappa shape index (κ1) is 15.2. The van der Waals surface area contributed by atoms with Crippen molar-refractivity contribution < 1.29 is 4.74 Å². The van der Waals surface area contributed by atoms with E-state index in [0.717, 1.165) is 6.61 Å². The van der Waals surface area contributed by atoms with E-state index in [9.17, 15) is 0 Å². The Labute approximate surface area is 110 Å². The minimum Gasteiger partial charge on any atom is -0.374 e. The van der Waals surface area contributed by atoms with Crippen LogP contribution in [-0.2, 0) is 4.74 Å². The Kier molecular flexibility index (Phi) is 4.83. The van der Waals surface area contributed by atoms with E-state index >= 15 is 0 Å². The van der Waals surface area contributed by atoms with Gasteiger partial charge in [0.2, 0.25) is 0 Å². The highest BCUT2D eigenvalue weighted by atomic mass is 28.3. The van der Waals surface area contributed by atoms with Gasteiger partial charge in [-0.1, -0.05) is 44.9 Å². The van der Waals surface area contributed by atoms with Crippen molar-refractivity contribution in [1.29, 1.82) is 0 Å². The normalized spacial score (nSPS) is 23.1. The second kappa shape index (κ2) is 5.41. The SMILES string of the molecule is CC1CC(C[Si](C)(C)C)=C(C[Si](C)(C)C)CO1. The van der Waals surface area contributed by atoms with Crippen molar-refractivity contribution in [3.8, 4) is 0 Å². The van der Waals surface area contributed by atoms with Crippen LogP contribution in [0.1, 0.15) is 13.3 Å². The van der Waals surface area contributed by atoms with Crippen molar-refractivity contribution in [2.24, 2.45) is 0 Å². The maximum absolute atomic E-state index is 5.86. The lowest BCUT2D eigenvalue weighted by molar-refractivity contribution is 0.0718. The molecule has 17 heavy (non-hydrogen) atoms. The quantitative estimate of drug-likeness (QED) is 0.528. The standard InChI is InChI=1S/C14H30OSi2/c1-12-8-13(10-16(2,3)4)14(9-15-12)11-17(5,6)7/h12H,8-11H2,1-7H3. The van der Waals surface area contributed by atoms with Crippen LogP contribution in [0.4, 0.5) is 0 Å². The zero-order valence-electron chi connectivity index (χ0n) is 12.8. The molecule has 0 aliphatic carbocycles. The van der Waals surface area contributed by atoms with Gasteiger partial charge < -0.3 is 4.74 Å². The van der Waals surface area contributed by atoms with E-state index in [-0.39, 0.29) is 0 Å². The van der Waals surface area contributed by atoms with Crippen molar-refractivity contribution in [2.45, 2.75) is 70.8 Å². The largest absolute Gasteiger partial charge is 0.374 e. The highest BCUT2D eigenvalue weighted by Gasteiger charge is 2.26. The number of rotatable bonds is 4. The topological polar surface area (TPSA) is 9.23 Å². The Morgan fingerprint density at radius 1 is 0.941 bits per heavy atom. The van der Waals surface area contributed by atoms with Crippen LogP contribution in [0.15, 0.2) is 11.1 Å². The predicted octanol–water partition coefficient (Wildman–Crippen LogP) is 4.77. The molecule has 0 aromatic heterocycles. The molecule has 1 aliphatic rings. The summed E-state index contributed by atoms with van der Waals surface area (Å²) < 4.78 is 5.86. The average Bonchev–Trinajstić information content (AvgIpc) is 2.05. The molecule has 1 unspecified atom stereocenters. The van der Waals surface area contributed by atoms with Crippen molar-refractivity contribution in [3.05, 3.63) is 11.1 Å². The van der Waals surface area contributed by atoms with Gasteiger partial charge in [-0.25, -0.2) is 0 Å². The lowest BCUT2D eigenvalue weighted by atomic mass is 10.0. The first-order chi connectivity index (χ1) is 7.57. The zero-order valence-corrected chi connectivity index (χ0v) is 14.8. The van der Waals surface area contributed by atoms with E-state index in [2.05, 4.69) is 46.2 Å². The van der Waals surface area contributed by atoms with Gasteiger partial charge in [0.05, 0.1) is 12.7 Å². The average molecular weight is 271 g/mol. The molecule has 1 aliphatic heterocycles. The third-order valence-electron chi connectivity index (χ3n) is 3.06. The van der Waals surface area contributed by atoms with Crippen molar-refractivity contribution in [1.82, 2.24) is 0 Å². The Hall–Kier alpha value is 0.134. The molecule has 1 heterocycles. The van der Waals surface area contributed by atoms with Gasteiger partial charge in [0.1, 0.15) is 0 Å². The van der Waals surface area contributed by atoms with Crippen LogP contribution in [0.25, 0.3) is 0 Å². The lowest BCUT2D eigenvalue weighted by Crippen LogP contribution is -2.29. The van der Waals surface area contributed by atoms with Crippen LogP contribution in [-0.4, -0.2) is 28.9 Å². The first-order valence-electron chi connectivity index (χ1n) is 6.88. The van der Waals surface area contributed by atoms with Crippen LogP contribution < -0.4 is 0 Å². The summed E-state index contributed by atoms with van der Waals surface area (Å²) in [6.07, 6.45) is 1.62. The summed E-state index contributed by atoms with van der Waals surface area (Å²) in [5.41, 5.74) is 3.41. The van der Waals surface area contributed by atoms with Crippen LogP contribution in [0, 0.1) is 0 Å². The van der Waals surface area contributed by atoms with Crippen molar-refractivity contribution in [3.63, 3.8) is 0 Å². The third kappa shape index (κ3) is 6.02. The molecule has 0 saturated carbocycles. The minimum absolute atomic E-state index is 0.437. The smallest absolute Gasteiger partial charge is 0.0680 e. The number of hydrogen-bond acceptors (Lipinski definition) is 1. The molecule has 0 N–H and O–H groups in total. The van der Waals surface area contributed by atoms with Gasteiger partial charge >= 0.3 is 0 Å². The van der Waals surface area contributed by atoms with Gasteiger partial charge in [-0.15, -0.1) is 0 Å². The second-order valence-electron chi connectivity index (χ2n) is 8.01. The van der Waals surface area contributed by atoms with Crippen molar-refractivity contribution in [2.75, 3.05) is 6.61 Å². The summed E-state index contributed by atoms with van der Waals surface area (Å²) in [6.45, 7) is 17.9. The molecule has 0 aromatic carbocycles. The molecule has 0 saturated heterocycles. The van der Waals surface area contributed by atoms with Crippen LogP contribution >= 0.6 is 0 Å². The highest BCUT2D eigenvalue weighted by molar-refractivity contribution is 6.77. The molecule has 0 amide bonds. The summed E-state index contributed by atoms with van der Waals surface area (Å²) in [6, 6.07) is 2.71. The molecular weight excluding hydrogens is 240 g/mol. The van der Waals surface area contributed by atoms with Gasteiger partial charge in [-0.05, 0) is 31.0 Å². The first-order valence-corrected chi connectivity index (χ1v) is 14.3. The maximum Gasteiger partial charge on any atom is 0.0680 e. The van der Waals surface area contributed by atoms with Crippen LogP contribution in [0.3, 0.4) is 0 Å². The molecule has 1 rings (SSSR count).